The molecule has 4 bridgehead atoms. The Hall–Kier alpha value is -0.0400. The van der Waals surface area contributed by atoms with Gasteiger partial charge < -0.3 is 5.11 Å². The molecule has 0 aromatic carbocycles. The van der Waals surface area contributed by atoms with Crippen LogP contribution in [0.3, 0.4) is 0 Å². The van der Waals surface area contributed by atoms with Crippen molar-refractivity contribution in [2.45, 2.75) is 71.3 Å². The fourth-order valence-corrected chi connectivity index (χ4v) is 5.52. The maximum Gasteiger partial charge on any atom is 0.0573 e. The van der Waals surface area contributed by atoms with Crippen LogP contribution in [-0.2, 0) is 0 Å². The van der Waals surface area contributed by atoms with E-state index in [-0.39, 0.29) is 6.10 Å². The summed E-state index contributed by atoms with van der Waals surface area (Å²) >= 11 is 0. The van der Waals surface area contributed by atoms with Gasteiger partial charge in [-0.2, -0.15) is 0 Å². The number of hydrogen-bond donors (Lipinski definition) is 1. The van der Waals surface area contributed by atoms with E-state index in [4.69, 9.17) is 0 Å². The molecule has 4 saturated carbocycles. The van der Waals surface area contributed by atoms with Crippen LogP contribution in [0.2, 0.25) is 0 Å². The SMILES string of the molecule is CC(C)CCCC(O)C1C2CC3CC(C2)CC1C3. The van der Waals surface area contributed by atoms with E-state index in [0.717, 1.165) is 36.0 Å². The predicted molar refractivity (Wildman–Crippen MR) is 75.2 cm³/mol. The van der Waals surface area contributed by atoms with E-state index in [1.54, 1.807) is 0 Å². The fraction of sp³-hybridized carbons (Fsp3) is 1.00. The highest BCUT2D eigenvalue weighted by Crippen LogP contribution is 2.57. The smallest absolute Gasteiger partial charge is 0.0573 e. The molecule has 0 saturated heterocycles. The van der Waals surface area contributed by atoms with E-state index in [9.17, 15) is 5.11 Å². The lowest BCUT2D eigenvalue weighted by molar-refractivity contribution is -0.0916. The first kappa shape index (κ1) is 13.0. The van der Waals surface area contributed by atoms with Gasteiger partial charge in [0.25, 0.3) is 0 Å². The molecule has 104 valence electrons. The maximum atomic E-state index is 10.6. The first-order valence-corrected chi connectivity index (χ1v) is 8.31. The largest absolute Gasteiger partial charge is 0.393 e. The zero-order valence-corrected chi connectivity index (χ0v) is 12.1. The quantitative estimate of drug-likeness (QED) is 0.773. The Balaban J connectivity index is 1.55. The van der Waals surface area contributed by atoms with Gasteiger partial charge in [0, 0.05) is 0 Å². The second-order valence-electron chi connectivity index (χ2n) is 7.90. The third kappa shape index (κ3) is 2.48. The van der Waals surface area contributed by atoms with Crippen molar-refractivity contribution in [1.29, 1.82) is 0 Å². The highest BCUT2D eigenvalue weighted by atomic mass is 16.3. The summed E-state index contributed by atoms with van der Waals surface area (Å²) in [4.78, 5) is 0. The maximum absolute atomic E-state index is 10.6. The van der Waals surface area contributed by atoms with Gasteiger partial charge in [-0.1, -0.05) is 26.7 Å². The van der Waals surface area contributed by atoms with Gasteiger partial charge in [-0.15, -0.1) is 0 Å². The second-order valence-corrected chi connectivity index (χ2v) is 7.90. The third-order valence-electron chi connectivity index (χ3n) is 6.03. The summed E-state index contributed by atoms with van der Waals surface area (Å²) in [7, 11) is 0. The Bertz CT molecular complexity index is 255. The first-order chi connectivity index (χ1) is 8.63. The molecule has 4 aliphatic rings. The number of aliphatic hydroxyl groups is 1. The normalized spacial score (nSPS) is 43.7. The molecule has 4 aliphatic carbocycles. The van der Waals surface area contributed by atoms with Crippen LogP contribution >= 0.6 is 0 Å². The van der Waals surface area contributed by atoms with Crippen molar-refractivity contribution in [1.82, 2.24) is 0 Å². The fourth-order valence-electron chi connectivity index (χ4n) is 5.52. The van der Waals surface area contributed by atoms with E-state index < -0.39 is 0 Å². The Labute approximate surface area is 112 Å². The standard InChI is InChI=1S/C17H30O/c1-11(2)4-3-5-16(18)17-14-7-12-6-13(9-14)10-15(17)8-12/h11-18H,3-10H2,1-2H3. The van der Waals surface area contributed by atoms with E-state index in [0.29, 0.717) is 5.92 Å². The van der Waals surface area contributed by atoms with E-state index in [2.05, 4.69) is 13.8 Å². The molecule has 1 nitrogen and oxygen atoms in total. The van der Waals surface area contributed by atoms with E-state index in [1.165, 1.54) is 44.9 Å². The second kappa shape index (κ2) is 5.15. The molecule has 1 heteroatoms. The van der Waals surface area contributed by atoms with Crippen molar-refractivity contribution in [2.24, 2.45) is 35.5 Å². The van der Waals surface area contributed by atoms with E-state index >= 15 is 0 Å². The van der Waals surface area contributed by atoms with Gasteiger partial charge in [-0.3, -0.25) is 0 Å². The van der Waals surface area contributed by atoms with Crippen molar-refractivity contribution >= 4 is 0 Å². The summed E-state index contributed by atoms with van der Waals surface area (Å²) in [6, 6.07) is 0. The van der Waals surface area contributed by atoms with Gasteiger partial charge in [0.1, 0.15) is 0 Å². The lowest BCUT2D eigenvalue weighted by atomic mass is 9.50. The molecule has 1 N–H and O–H groups in total. The minimum atomic E-state index is 0.0127. The molecule has 1 atom stereocenters. The average molecular weight is 250 g/mol. The molecule has 18 heavy (non-hydrogen) atoms. The summed E-state index contributed by atoms with van der Waals surface area (Å²) in [5.74, 6) is 5.30. The van der Waals surface area contributed by atoms with Crippen molar-refractivity contribution in [3.8, 4) is 0 Å². The topological polar surface area (TPSA) is 20.2 Å². The van der Waals surface area contributed by atoms with Crippen LogP contribution in [0.25, 0.3) is 0 Å². The zero-order valence-electron chi connectivity index (χ0n) is 12.1. The molecule has 0 radical (unpaired) electrons. The lowest BCUT2D eigenvalue weighted by Gasteiger charge is -2.55. The van der Waals surface area contributed by atoms with Crippen LogP contribution in [0.1, 0.15) is 65.2 Å². The number of hydrogen-bond acceptors (Lipinski definition) is 1. The molecular formula is C17H30O. The van der Waals surface area contributed by atoms with Gasteiger partial charge in [0.2, 0.25) is 0 Å². The number of rotatable bonds is 5. The van der Waals surface area contributed by atoms with Crippen LogP contribution in [0.15, 0.2) is 0 Å². The summed E-state index contributed by atoms with van der Waals surface area (Å²) in [5.41, 5.74) is 0. The molecule has 0 heterocycles. The Morgan fingerprint density at radius 1 is 0.889 bits per heavy atom. The van der Waals surface area contributed by atoms with Crippen LogP contribution in [0, 0.1) is 35.5 Å². The van der Waals surface area contributed by atoms with Gasteiger partial charge in [0.05, 0.1) is 6.10 Å². The van der Waals surface area contributed by atoms with Crippen LogP contribution in [0.5, 0.6) is 0 Å². The van der Waals surface area contributed by atoms with Gasteiger partial charge in [-0.25, -0.2) is 0 Å². The molecule has 0 spiro atoms. The third-order valence-corrected chi connectivity index (χ3v) is 6.03. The zero-order chi connectivity index (χ0) is 12.7. The molecule has 0 aromatic heterocycles. The Kier molecular flexibility index (Phi) is 3.71. The van der Waals surface area contributed by atoms with E-state index in [1.807, 2.05) is 0 Å². The van der Waals surface area contributed by atoms with Crippen LogP contribution in [0.4, 0.5) is 0 Å². The molecule has 0 aromatic rings. The Morgan fingerprint density at radius 3 is 1.94 bits per heavy atom. The van der Waals surface area contributed by atoms with Gasteiger partial charge >= 0.3 is 0 Å². The minimum absolute atomic E-state index is 0.0127. The summed E-state index contributed by atoms with van der Waals surface area (Å²) in [5, 5.41) is 10.6. The summed E-state index contributed by atoms with van der Waals surface area (Å²) < 4.78 is 0. The van der Waals surface area contributed by atoms with Crippen LogP contribution in [-0.4, -0.2) is 11.2 Å². The van der Waals surface area contributed by atoms with Crippen molar-refractivity contribution in [2.75, 3.05) is 0 Å². The van der Waals surface area contributed by atoms with Crippen molar-refractivity contribution < 1.29 is 5.11 Å². The molecular weight excluding hydrogens is 220 g/mol. The lowest BCUT2D eigenvalue weighted by Crippen LogP contribution is -2.49. The first-order valence-electron chi connectivity index (χ1n) is 8.31. The molecule has 0 amide bonds. The van der Waals surface area contributed by atoms with Crippen molar-refractivity contribution in [3.63, 3.8) is 0 Å². The summed E-state index contributed by atoms with van der Waals surface area (Å²) in [6.07, 6.45) is 10.9. The molecule has 4 rings (SSSR count). The molecule has 1 unspecified atom stereocenters. The van der Waals surface area contributed by atoms with Gasteiger partial charge in [-0.05, 0) is 74.0 Å². The average Bonchev–Trinajstić information content (AvgIpc) is 2.26. The minimum Gasteiger partial charge on any atom is -0.393 e. The van der Waals surface area contributed by atoms with Gasteiger partial charge in [0.15, 0.2) is 0 Å². The van der Waals surface area contributed by atoms with Crippen LogP contribution < -0.4 is 0 Å². The highest BCUT2D eigenvalue weighted by molar-refractivity contribution is 5.00. The predicted octanol–water partition coefficient (Wildman–Crippen LogP) is 4.25. The monoisotopic (exact) mass is 250 g/mol. The van der Waals surface area contributed by atoms with Crippen molar-refractivity contribution in [3.05, 3.63) is 0 Å². The number of aliphatic hydroxyl groups excluding tert-OH is 1. The highest BCUT2D eigenvalue weighted by Gasteiger charge is 2.49. The molecule has 4 fully saturated rings. The summed E-state index contributed by atoms with van der Waals surface area (Å²) in [6.45, 7) is 4.57. The molecule has 0 aliphatic heterocycles. The Morgan fingerprint density at radius 2 is 1.44 bits per heavy atom.